The number of hydrogen-bond donors (Lipinski definition) is 2. The van der Waals surface area contributed by atoms with Crippen LogP contribution in [-0.2, 0) is 10.0 Å². The minimum absolute atomic E-state index is 0.277. The second-order valence-electron chi connectivity index (χ2n) is 6.69. The lowest BCUT2D eigenvalue weighted by molar-refractivity contribution is 0.600. The van der Waals surface area contributed by atoms with Crippen molar-refractivity contribution in [3.63, 3.8) is 0 Å². The van der Waals surface area contributed by atoms with Crippen LogP contribution in [0.3, 0.4) is 0 Å². The van der Waals surface area contributed by atoms with Crippen LogP contribution in [-0.4, -0.2) is 28.4 Å². The summed E-state index contributed by atoms with van der Waals surface area (Å²) in [7, 11) is -3.36. The van der Waals surface area contributed by atoms with Crippen LogP contribution < -0.4 is 10.3 Å². The van der Waals surface area contributed by atoms with E-state index in [9.17, 15) is 13.2 Å². The fourth-order valence-electron chi connectivity index (χ4n) is 2.96. The second-order valence-corrected chi connectivity index (χ2v) is 8.65. The van der Waals surface area contributed by atoms with Gasteiger partial charge in [0.15, 0.2) is 5.82 Å². The zero-order valence-electron chi connectivity index (χ0n) is 15.0. The summed E-state index contributed by atoms with van der Waals surface area (Å²) in [6, 6.07) is 12.0. The minimum atomic E-state index is -3.36. The van der Waals surface area contributed by atoms with Crippen molar-refractivity contribution in [1.82, 2.24) is 14.8 Å². The first-order chi connectivity index (χ1) is 13.4. The molecule has 1 fully saturated rings. The number of benzene rings is 1. The Labute approximate surface area is 161 Å². The number of nitrogens with one attached hydrogen (secondary N) is 2. The number of aromatic nitrogens is 3. The molecule has 0 bridgehead atoms. The molecule has 0 radical (unpaired) electrons. The van der Waals surface area contributed by atoms with E-state index in [1.807, 2.05) is 6.07 Å². The van der Waals surface area contributed by atoms with Crippen molar-refractivity contribution < 1.29 is 8.42 Å². The summed E-state index contributed by atoms with van der Waals surface area (Å²) in [5.74, 6) is 0.349. The molecule has 8 nitrogen and oxygen atoms in total. The highest BCUT2D eigenvalue weighted by Gasteiger charge is 2.35. The maximum absolute atomic E-state index is 12.9. The number of nitriles is 1. The molecule has 0 saturated heterocycles. The molecule has 1 saturated carbocycles. The average molecular weight is 395 g/mol. The quantitative estimate of drug-likeness (QED) is 0.687. The van der Waals surface area contributed by atoms with Crippen LogP contribution in [0.15, 0.2) is 47.4 Å². The van der Waals surface area contributed by atoms with Gasteiger partial charge >= 0.3 is 0 Å². The standard InChI is InChI=1S/C19H17N5O3S/c1-12-18(14-4-2-13(10-20)3-5-14)19(25)24(22-12)17-9-6-15(11-21-17)23-28(26,27)16-7-8-16/h2-6,9,11,16,22-23H,7-8H2,1H3. The van der Waals surface area contributed by atoms with E-state index in [0.717, 1.165) is 0 Å². The number of aromatic amines is 1. The predicted molar refractivity (Wildman–Crippen MR) is 105 cm³/mol. The van der Waals surface area contributed by atoms with Gasteiger partial charge in [0.2, 0.25) is 10.0 Å². The molecule has 1 aliphatic rings. The molecule has 0 spiro atoms. The Morgan fingerprint density at radius 2 is 1.93 bits per heavy atom. The highest BCUT2D eigenvalue weighted by atomic mass is 32.2. The number of pyridine rings is 1. The van der Waals surface area contributed by atoms with Gasteiger partial charge in [0, 0.05) is 5.69 Å². The molecule has 1 aromatic carbocycles. The Kier molecular flexibility index (Phi) is 4.28. The van der Waals surface area contributed by atoms with Crippen molar-refractivity contribution >= 4 is 15.7 Å². The largest absolute Gasteiger partial charge is 0.293 e. The molecule has 2 heterocycles. The number of sulfonamides is 1. The molecular formula is C19H17N5O3S. The zero-order chi connectivity index (χ0) is 19.9. The molecule has 9 heteroatoms. The monoisotopic (exact) mass is 395 g/mol. The van der Waals surface area contributed by atoms with E-state index in [-0.39, 0.29) is 10.8 Å². The number of rotatable bonds is 5. The van der Waals surface area contributed by atoms with Gasteiger partial charge in [0.1, 0.15) is 0 Å². The Bertz CT molecular complexity index is 1230. The fraction of sp³-hybridized carbons (Fsp3) is 0.211. The number of H-pyrrole nitrogens is 1. The molecule has 142 valence electrons. The lowest BCUT2D eigenvalue weighted by Gasteiger charge is -2.07. The fourth-order valence-corrected chi connectivity index (χ4v) is 4.34. The third kappa shape index (κ3) is 3.30. The molecule has 0 aliphatic heterocycles. The van der Waals surface area contributed by atoms with E-state index in [1.165, 1.54) is 10.9 Å². The van der Waals surface area contributed by atoms with Crippen LogP contribution in [0.5, 0.6) is 0 Å². The van der Waals surface area contributed by atoms with Crippen molar-refractivity contribution in [3.05, 3.63) is 64.2 Å². The van der Waals surface area contributed by atoms with Crippen LogP contribution in [0, 0.1) is 18.3 Å². The summed E-state index contributed by atoms with van der Waals surface area (Å²) >= 11 is 0. The van der Waals surface area contributed by atoms with Crippen molar-refractivity contribution in [1.29, 1.82) is 5.26 Å². The van der Waals surface area contributed by atoms with Gasteiger partial charge in [0.05, 0.1) is 34.3 Å². The highest BCUT2D eigenvalue weighted by Crippen LogP contribution is 2.29. The molecule has 1 aliphatic carbocycles. The number of nitrogens with zero attached hydrogens (tertiary/aromatic N) is 3. The van der Waals surface area contributed by atoms with Crippen molar-refractivity contribution in [3.8, 4) is 23.0 Å². The van der Waals surface area contributed by atoms with Gasteiger partial charge in [-0.15, -0.1) is 0 Å². The summed E-state index contributed by atoms with van der Waals surface area (Å²) < 4.78 is 27.8. The molecular weight excluding hydrogens is 378 g/mol. The Morgan fingerprint density at radius 3 is 2.50 bits per heavy atom. The third-order valence-electron chi connectivity index (χ3n) is 4.57. The number of aryl methyl sites for hydroxylation is 1. The topological polar surface area (TPSA) is 121 Å². The maximum Gasteiger partial charge on any atom is 0.280 e. The summed E-state index contributed by atoms with van der Waals surface area (Å²) in [5, 5.41) is 11.6. The third-order valence-corrected chi connectivity index (χ3v) is 6.44. The van der Waals surface area contributed by atoms with Crippen LogP contribution >= 0.6 is 0 Å². The zero-order valence-corrected chi connectivity index (χ0v) is 15.8. The van der Waals surface area contributed by atoms with E-state index in [2.05, 4.69) is 14.8 Å². The molecule has 0 amide bonds. The van der Waals surface area contributed by atoms with Gasteiger partial charge in [-0.3, -0.25) is 14.6 Å². The molecule has 0 atom stereocenters. The molecule has 2 aromatic heterocycles. The second kappa shape index (κ2) is 6.65. The van der Waals surface area contributed by atoms with E-state index >= 15 is 0 Å². The lowest BCUT2D eigenvalue weighted by atomic mass is 10.1. The summed E-state index contributed by atoms with van der Waals surface area (Å²) in [6.07, 6.45) is 2.74. The molecule has 3 aromatic rings. The smallest absolute Gasteiger partial charge is 0.280 e. The van der Waals surface area contributed by atoms with Crippen LogP contribution in [0.4, 0.5) is 5.69 Å². The van der Waals surface area contributed by atoms with E-state index in [0.29, 0.717) is 46.7 Å². The van der Waals surface area contributed by atoms with Gasteiger partial charge in [0.25, 0.3) is 5.56 Å². The van der Waals surface area contributed by atoms with Gasteiger partial charge in [-0.2, -0.15) is 5.26 Å². The predicted octanol–water partition coefficient (Wildman–Crippen LogP) is 2.31. The first-order valence-electron chi connectivity index (χ1n) is 8.69. The number of hydrogen-bond acceptors (Lipinski definition) is 5. The summed E-state index contributed by atoms with van der Waals surface area (Å²) in [6.45, 7) is 1.78. The van der Waals surface area contributed by atoms with Gasteiger partial charge in [-0.25, -0.2) is 18.1 Å². The average Bonchev–Trinajstić information content (AvgIpc) is 3.49. The minimum Gasteiger partial charge on any atom is -0.293 e. The molecule has 2 N–H and O–H groups in total. The Hall–Kier alpha value is -3.38. The molecule has 4 rings (SSSR count). The van der Waals surface area contributed by atoms with E-state index < -0.39 is 10.0 Å². The van der Waals surface area contributed by atoms with E-state index in [4.69, 9.17) is 5.26 Å². The van der Waals surface area contributed by atoms with Gasteiger partial charge in [-0.05, 0) is 49.6 Å². The normalized spacial score (nSPS) is 13.9. The summed E-state index contributed by atoms with van der Waals surface area (Å²) in [5.41, 5.74) is 2.45. The van der Waals surface area contributed by atoms with Crippen LogP contribution in [0.2, 0.25) is 0 Å². The molecule has 28 heavy (non-hydrogen) atoms. The van der Waals surface area contributed by atoms with Crippen molar-refractivity contribution in [2.24, 2.45) is 0 Å². The lowest BCUT2D eigenvalue weighted by Crippen LogP contribution is -2.19. The van der Waals surface area contributed by atoms with Crippen molar-refractivity contribution in [2.45, 2.75) is 25.0 Å². The van der Waals surface area contributed by atoms with E-state index in [1.54, 1.807) is 43.3 Å². The molecule has 0 unspecified atom stereocenters. The summed E-state index contributed by atoms with van der Waals surface area (Å²) in [4.78, 5) is 17.1. The first-order valence-corrected chi connectivity index (χ1v) is 10.2. The maximum atomic E-state index is 12.9. The Balaban J connectivity index is 1.64. The number of anilines is 1. The van der Waals surface area contributed by atoms with Crippen LogP contribution in [0.1, 0.15) is 24.1 Å². The highest BCUT2D eigenvalue weighted by molar-refractivity contribution is 7.93. The van der Waals surface area contributed by atoms with Gasteiger partial charge < -0.3 is 0 Å². The van der Waals surface area contributed by atoms with Crippen LogP contribution in [0.25, 0.3) is 16.9 Å². The Morgan fingerprint density at radius 1 is 1.21 bits per heavy atom. The SMILES string of the molecule is Cc1[nH]n(-c2ccc(NS(=O)(=O)C3CC3)cn2)c(=O)c1-c1ccc(C#N)cc1. The first kappa shape index (κ1) is 18.0. The van der Waals surface area contributed by atoms with Crippen molar-refractivity contribution in [2.75, 3.05) is 4.72 Å². The van der Waals surface area contributed by atoms with Gasteiger partial charge in [-0.1, -0.05) is 12.1 Å².